The molecule has 0 aliphatic carbocycles. The zero-order valence-electron chi connectivity index (χ0n) is 22.4. The van der Waals surface area contributed by atoms with Crippen LogP contribution in [0.25, 0.3) is 22.2 Å². The predicted octanol–water partition coefficient (Wildman–Crippen LogP) is 3.11. The number of aromatic nitrogens is 3. The molecule has 0 amide bonds. The van der Waals surface area contributed by atoms with E-state index >= 15 is 0 Å². The van der Waals surface area contributed by atoms with Crippen molar-refractivity contribution >= 4 is 16.9 Å². The second-order valence-electron chi connectivity index (χ2n) is 10.5. The minimum absolute atomic E-state index is 0.106. The normalized spacial score (nSPS) is 20.3. The van der Waals surface area contributed by atoms with Gasteiger partial charge in [-0.3, -0.25) is 9.78 Å². The molecule has 5 rings (SSSR count). The molecule has 2 N–H and O–H groups in total. The van der Waals surface area contributed by atoms with Crippen molar-refractivity contribution in [3.05, 3.63) is 47.5 Å². The molecular weight excluding hydrogens is 486 g/mol. The van der Waals surface area contributed by atoms with E-state index in [0.29, 0.717) is 37.9 Å². The van der Waals surface area contributed by atoms with Gasteiger partial charge in [0.2, 0.25) is 0 Å². The van der Waals surface area contributed by atoms with Crippen LogP contribution in [0.5, 0.6) is 5.75 Å². The Bertz CT molecular complexity index is 1300. The standard InChI is InChI=1S/C28H35N5O5/c1-28(2,3)27(34)38-16-18-11-17(5-6-22(18)35-4)20-12-21-19(13-31-20)25(23-14-29-7-9-36-23)33-26(32-21)24-15-30-8-10-37-24/h5-6,11-13,23-24,29-30H,7-10,14-16H2,1-4H3. The lowest BCUT2D eigenvalue weighted by atomic mass is 9.97. The van der Waals surface area contributed by atoms with Gasteiger partial charge in [-0.2, -0.15) is 0 Å². The Hall–Kier alpha value is -3.18. The minimum atomic E-state index is -0.588. The molecule has 38 heavy (non-hydrogen) atoms. The molecule has 2 unspecified atom stereocenters. The summed E-state index contributed by atoms with van der Waals surface area (Å²) in [6.45, 7) is 9.77. The Morgan fingerprint density at radius 2 is 1.79 bits per heavy atom. The first-order valence-electron chi connectivity index (χ1n) is 13.0. The number of nitrogens with zero attached hydrogens (tertiary/aromatic N) is 3. The van der Waals surface area contributed by atoms with Gasteiger partial charge in [-0.25, -0.2) is 9.97 Å². The fraction of sp³-hybridized carbons (Fsp3) is 0.500. The number of esters is 1. The van der Waals surface area contributed by atoms with Crippen molar-refractivity contribution in [2.75, 3.05) is 46.5 Å². The number of ether oxygens (including phenoxy) is 4. The number of fused-ring (bicyclic) bond motifs is 1. The van der Waals surface area contributed by atoms with Crippen LogP contribution in [0.15, 0.2) is 30.5 Å². The number of hydrogen-bond acceptors (Lipinski definition) is 10. The van der Waals surface area contributed by atoms with Crippen LogP contribution in [0.1, 0.15) is 50.1 Å². The van der Waals surface area contributed by atoms with Crippen molar-refractivity contribution in [1.29, 1.82) is 0 Å². The molecule has 0 saturated carbocycles. The van der Waals surface area contributed by atoms with Crippen LogP contribution in [0.3, 0.4) is 0 Å². The van der Waals surface area contributed by atoms with E-state index < -0.39 is 5.41 Å². The average Bonchev–Trinajstić information content (AvgIpc) is 2.95. The third kappa shape index (κ3) is 5.78. The number of carbonyl (C=O) groups excluding carboxylic acids is 1. The fourth-order valence-electron chi connectivity index (χ4n) is 4.50. The van der Waals surface area contributed by atoms with Gasteiger partial charge in [0.25, 0.3) is 0 Å². The molecule has 2 aromatic heterocycles. The lowest BCUT2D eigenvalue weighted by Crippen LogP contribution is -2.36. The van der Waals surface area contributed by atoms with Gasteiger partial charge in [0.1, 0.15) is 24.6 Å². The van der Waals surface area contributed by atoms with Crippen LogP contribution in [-0.4, -0.2) is 67.4 Å². The van der Waals surface area contributed by atoms with E-state index in [1.807, 2.05) is 51.2 Å². The van der Waals surface area contributed by atoms with E-state index in [4.69, 9.17) is 33.9 Å². The Balaban J connectivity index is 1.52. The summed E-state index contributed by atoms with van der Waals surface area (Å²) in [6, 6.07) is 7.70. The Morgan fingerprint density at radius 3 is 2.45 bits per heavy atom. The number of carbonyl (C=O) groups is 1. The summed E-state index contributed by atoms with van der Waals surface area (Å²) in [5.74, 6) is 1.01. The first kappa shape index (κ1) is 26.4. The van der Waals surface area contributed by atoms with E-state index in [1.54, 1.807) is 7.11 Å². The quantitative estimate of drug-likeness (QED) is 0.469. The zero-order chi connectivity index (χ0) is 26.7. The molecule has 2 saturated heterocycles. The van der Waals surface area contributed by atoms with Crippen LogP contribution in [0, 0.1) is 5.41 Å². The minimum Gasteiger partial charge on any atom is -0.496 e. The predicted molar refractivity (Wildman–Crippen MR) is 142 cm³/mol. The molecule has 4 heterocycles. The van der Waals surface area contributed by atoms with E-state index in [-0.39, 0.29) is 24.8 Å². The highest BCUT2D eigenvalue weighted by molar-refractivity contribution is 5.84. The Morgan fingerprint density at radius 1 is 1.05 bits per heavy atom. The number of benzene rings is 1. The number of pyridine rings is 1. The van der Waals surface area contributed by atoms with Gasteiger partial charge >= 0.3 is 5.97 Å². The fourth-order valence-corrected chi connectivity index (χ4v) is 4.50. The van der Waals surface area contributed by atoms with Gasteiger partial charge in [-0.05, 0) is 45.0 Å². The van der Waals surface area contributed by atoms with E-state index in [9.17, 15) is 4.79 Å². The second kappa shape index (κ2) is 11.3. The van der Waals surface area contributed by atoms with Crippen LogP contribution in [-0.2, 0) is 25.6 Å². The molecule has 2 fully saturated rings. The van der Waals surface area contributed by atoms with Gasteiger partial charge < -0.3 is 29.6 Å². The molecular formula is C28H35N5O5. The second-order valence-corrected chi connectivity index (χ2v) is 10.5. The van der Waals surface area contributed by atoms with Crippen LogP contribution >= 0.6 is 0 Å². The third-order valence-electron chi connectivity index (χ3n) is 6.62. The Kier molecular flexibility index (Phi) is 7.85. The highest BCUT2D eigenvalue weighted by Gasteiger charge is 2.26. The number of hydrogen-bond donors (Lipinski definition) is 2. The van der Waals surface area contributed by atoms with E-state index in [2.05, 4.69) is 10.6 Å². The molecule has 0 bridgehead atoms. The topological polar surface area (TPSA) is 117 Å². The molecule has 202 valence electrons. The van der Waals surface area contributed by atoms with Crippen LogP contribution in [0.2, 0.25) is 0 Å². The van der Waals surface area contributed by atoms with Gasteiger partial charge in [0.05, 0.1) is 42.6 Å². The van der Waals surface area contributed by atoms with Gasteiger partial charge in [-0.1, -0.05) is 0 Å². The largest absolute Gasteiger partial charge is 0.496 e. The molecule has 1 aromatic carbocycles. The van der Waals surface area contributed by atoms with Gasteiger partial charge in [0, 0.05) is 48.9 Å². The summed E-state index contributed by atoms with van der Waals surface area (Å²) in [5, 5.41) is 7.59. The van der Waals surface area contributed by atoms with Crippen molar-refractivity contribution in [1.82, 2.24) is 25.6 Å². The van der Waals surface area contributed by atoms with Gasteiger partial charge in [-0.15, -0.1) is 0 Å². The van der Waals surface area contributed by atoms with Gasteiger partial charge in [0.15, 0.2) is 5.82 Å². The molecule has 10 heteroatoms. The Labute approximate surface area is 222 Å². The smallest absolute Gasteiger partial charge is 0.311 e. The summed E-state index contributed by atoms with van der Waals surface area (Å²) in [7, 11) is 1.60. The lowest BCUT2D eigenvalue weighted by molar-refractivity contribution is -0.154. The van der Waals surface area contributed by atoms with Crippen molar-refractivity contribution in [3.8, 4) is 17.0 Å². The average molecular weight is 522 g/mol. The summed E-state index contributed by atoms with van der Waals surface area (Å²) >= 11 is 0. The highest BCUT2D eigenvalue weighted by atomic mass is 16.5. The third-order valence-corrected chi connectivity index (χ3v) is 6.62. The molecule has 3 aromatic rings. The van der Waals surface area contributed by atoms with Crippen molar-refractivity contribution in [3.63, 3.8) is 0 Å². The SMILES string of the molecule is COc1ccc(-c2cc3nc(C4CNCCO4)nc(C4CNCCO4)c3cn2)cc1COC(=O)C(C)(C)C. The number of nitrogens with one attached hydrogen (secondary N) is 2. The molecule has 2 aliphatic rings. The van der Waals surface area contributed by atoms with Crippen molar-refractivity contribution in [2.24, 2.45) is 5.41 Å². The first-order valence-corrected chi connectivity index (χ1v) is 13.0. The number of rotatable bonds is 6. The maximum absolute atomic E-state index is 12.3. The summed E-state index contributed by atoms with van der Waals surface area (Å²) in [5.41, 5.74) is 3.36. The number of methoxy groups -OCH3 is 1. The monoisotopic (exact) mass is 521 g/mol. The molecule has 2 aliphatic heterocycles. The van der Waals surface area contributed by atoms with Crippen LogP contribution in [0.4, 0.5) is 0 Å². The highest BCUT2D eigenvalue weighted by Crippen LogP contribution is 2.32. The zero-order valence-corrected chi connectivity index (χ0v) is 22.4. The van der Waals surface area contributed by atoms with Crippen molar-refractivity contribution in [2.45, 2.75) is 39.6 Å². The molecule has 10 nitrogen and oxygen atoms in total. The van der Waals surface area contributed by atoms with Crippen molar-refractivity contribution < 1.29 is 23.7 Å². The van der Waals surface area contributed by atoms with Crippen LogP contribution < -0.4 is 15.4 Å². The lowest BCUT2D eigenvalue weighted by Gasteiger charge is -2.26. The summed E-state index contributed by atoms with van der Waals surface area (Å²) in [4.78, 5) is 26.9. The molecule has 0 spiro atoms. The maximum Gasteiger partial charge on any atom is 0.311 e. The summed E-state index contributed by atoms with van der Waals surface area (Å²) < 4.78 is 23.1. The van der Waals surface area contributed by atoms with E-state index in [1.165, 1.54) is 0 Å². The maximum atomic E-state index is 12.3. The molecule has 0 radical (unpaired) electrons. The number of morpholine rings is 2. The molecule has 2 atom stereocenters. The summed E-state index contributed by atoms with van der Waals surface area (Å²) in [6.07, 6.45) is 1.39. The first-order chi connectivity index (χ1) is 18.3. The van der Waals surface area contributed by atoms with E-state index in [0.717, 1.165) is 46.5 Å².